The Bertz CT molecular complexity index is 350. The van der Waals surface area contributed by atoms with Gasteiger partial charge in [0.25, 0.3) is 5.56 Å². The van der Waals surface area contributed by atoms with Gasteiger partial charge in [0.05, 0.1) is 0 Å². The molecule has 0 amide bonds. The average molecular weight is 179 g/mol. The molecule has 1 heterocycles. The monoisotopic (exact) mass is 179 g/mol. The van der Waals surface area contributed by atoms with E-state index in [1.807, 2.05) is 44.4 Å². The highest BCUT2D eigenvalue weighted by Gasteiger charge is 2.07. The molecular formula is C11H17NO. The zero-order valence-corrected chi connectivity index (χ0v) is 8.79. The molecule has 1 aromatic heterocycles. The minimum atomic E-state index is 0.164. The van der Waals surface area contributed by atoms with Crippen molar-refractivity contribution in [3.63, 3.8) is 0 Å². The predicted octanol–water partition coefficient (Wildman–Crippen LogP) is 2.30. The van der Waals surface area contributed by atoms with Crippen LogP contribution < -0.4 is 5.56 Å². The molecule has 0 aliphatic rings. The second kappa shape index (κ2) is 3.77. The molecule has 0 N–H and O–H groups in total. The molecule has 0 unspecified atom stereocenters. The number of aryl methyl sites for hydroxylation is 1. The molecule has 1 rings (SSSR count). The fourth-order valence-electron chi connectivity index (χ4n) is 1.52. The molecule has 0 aliphatic heterocycles. The summed E-state index contributed by atoms with van der Waals surface area (Å²) in [7, 11) is 0. The topological polar surface area (TPSA) is 22.0 Å². The lowest BCUT2D eigenvalue weighted by Gasteiger charge is -2.11. The molecule has 0 radical (unpaired) electrons. The predicted molar refractivity (Wildman–Crippen MR) is 55.2 cm³/mol. The number of nitrogens with zero attached hydrogens (tertiary/aromatic N) is 1. The van der Waals surface area contributed by atoms with Crippen LogP contribution in [0.1, 0.15) is 37.9 Å². The van der Waals surface area contributed by atoms with Crippen LogP contribution in [0.2, 0.25) is 0 Å². The van der Waals surface area contributed by atoms with E-state index in [1.54, 1.807) is 0 Å². The van der Waals surface area contributed by atoms with Gasteiger partial charge in [-0.2, -0.15) is 0 Å². The van der Waals surface area contributed by atoms with Crippen LogP contribution in [0.5, 0.6) is 0 Å². The summed E-state index contributed by atoms with van der Waals surface area (Å²) in [5.74, 6) is 0.311. The highest BCUT2D eigenvalue weighted by atomic mass is 16.1. The zero-order chi connectivity index (χ0) is 10.0. The van der Waals surface area contributed by atoms with E-state index in [0.29, 0.717) is 5.92 Å². The quantitative estimate of drug-likeness (QED) is 0.682. The third kappa shape index (κ3) is 1.82. The first kappa shape index (κ1) is 10.0. The van der Waals surface area contributed by atoms with E-state index in [0.717, 1.165) is 17.8 Å². The number of rotatable bonds is 2. The second-order valence-electron chi connectivity index (χ2n) is 3.63. The molecule has 0 saturated heterocycles. The molecule has 1 aromatic rings. The number of hydrogen-bond donors (Lipinski definition) is 0. The Morgan fingerprint density at radius 1 is 1.38 bits per heavy atom. The van der Waals surface area contributed by atoms with Crippen molar-refractivity contribution in [1.29, 1.82) is 0 Å². The molecule has 0 bridgehead atoms. The number of hydrogen-bond acceptors (Lipinski definition) is 1. The molecule has 0 atom stereocenters. The minimum absolute atomic E-state index is 0.164. The van der Waals surface area contributed by atoms with E-state index in [2.05, 4.69) is 0 Å². The Hall–Kier alpha value is -1.05. The van der Waals surface area contributed by atoms with Gasteiger partial charge in [-0.15, -0.1) is 0 Å². The Morgan fingerprint density at radius 3 is 2.46 bits per heavy atom. The molecule has 13 heavy (non-hydrogen) atoms. The standard InChI is InChI=1S/C11H17NO/c1-5-12-9(4)6-7-10(8(2)3)11(12)13/h6-8H,5H2,1-4H3. The fourth-order valence-corrected chi connectivity index (χ4v) is 1.52. The first-order chi connectivity index (χ1) is 6.07. The summed E-state index contributed by atoms with van der Waals surface area (Å²) < 4.78 is 1.81. The third-order valence-corrected chi connectivity index (χ3v) is 2.36. The van der Waals surface area contributed by atoms with Crippen LogP contribution in [0.4, 0.5) is 0 Å². The first-order valence-electron chi connectivity index (χ1n) is 4.78. The Kier molecular flexibility index (Phi) is 2.91. The van der Waals surface area contributed by atoms with Crippen molar-refractivity contribution in [3.05, 3.63) is 33.7 Å². The van der Waals surface area contributed by atoms with Gasteiger partial charge in [0.2, 0.25) is 0 Å². The minimum Gasteiger partial charge on any atom is -0.313 e. The van der Waals surface area contributed by atoms with E-state index < -0.39 is 0 Å². The summed E-state index contributed by atoms with van der Waals surface area (Å²) in [4.78, 5) is 11.8. The lowest BCUT2D eigenvalue weighted by molar-refractivity contribution is 0.677. The Labute approximate surface area is 79.2 Å². The summed E-state index contributed by atoms with van der Waals surface area (Å²) in [6, 6.07) is 3.95. The van der Waals surface area contributed by atoms with Gasteiger partial charge >= 0.3 is 0 Å². The Balaban J connectivity index is 3.37. The zero-order valence-electron chi connectivity index (χ0n) is 8.79. The summed E-state index contributed by atoms with van der Waals surface area (Å²) in [5, 5.41) is 0. The van der Waals surface area contributed by atoms with Crippen LogP contribution >= 0.6 is 0 Å². The molecule has 0 fully saturated rings. The van der Waals surface area contributed by atoms with Crippen molar-refractivity contribution in [2.45, 2.75) is 40.2 Å². The molecule has 0 spiro atoms. The van der Waals surface area contributed by atoms with Gasteiger partial charge in [0, 0.05) is 17.8 Å². The maximum absolute atomic E-state index is 11.8. The van der Waals surface area contributed by atoms with Gasteiger partial charge in [-0.05, 0) is 25.8 Å². The normalized spacial score (nSPS) is 10.8. The molecule has 0 aliphatic carbocycles. The second-order valence-corrected chi connectivity index (χ2v) is 3.63. The van der Waals surface area contributed by atoms with Crippen LogP contribution in [-0.4, -0.2) is 4.57 Å². The average Bonchev–Trinajstić information content (AvgIpc) is 2.04. The third-order valence-electron chi connectivity index (χ3n) is 2.36. The van der Waals surface area contributed by atoms with E-state index in [1.165, 1.54) is 0 Å². The van der Waals surface area contributed by atoms with E-state index >= 15 is 0 Å². The molecular weight excluding hydrogens is 162 g/mol. The van der Waals surface area contributed by atoms with Gasteiger partial charge in [0.15, 0.2) is 0 Å². The van der Waals surface area contributed by atoms with Gasteiger partial charge in [-0.3, -0.25) is 4.79 Å². The lowest BCUT2D eigenvalue weighted by atomic mass is 10.1. The summed E-state index contributed by atoms with van der Waals surface area (Å²) in [6.07, 6.45) is 0. The summed E-state index contributed by atoms with van der Waals surface area (Å²) in [6.45, 7) is 8.82. The van der Waals surface area contributed by atoms with Crippen LogP contribution in [0.15, 0.2) is 16.9 Å². The number of aromatic nitrogens is 1. The summed E-state index contributed by atoms with van der Waals surface area (Å²) in [5.41, 5.74) is 2.11. The van der Waals surface area contributed by atoms with Crippen molar-refractivity contribution in [3.8, 4) is 0 Å². The summed E-state index contributed by atoms with van der Waals surface area (Å²) >= 11 is 0. The van der Waals surface area contributed by atoms with Gasteiger partial charge < -0.3 is 4.57 Å². The highest BCUT2D eigenvalue weighted by Crippen LogP contribution is 2.09. The van der Waals surface area contributed by atoms with E-state index in [4.69, 9.17) is 0 Å². The van der Waals surface area contributed by atoms with Crippen molar-refractivity contribution in [2.75, 3.05) is 0 Å². The van der Waals surface area contributed by atoms with Crippen molar-refractivity contribution >= 4 is 0 Å². The van der Waals surface area contributed by atoms with Crippen LogP contribution in [0.25, 0.3) is 0 Å². The van der Waals surface area contributed by atoms with Gasteiger partial charge in [-0.25, -0.2) is 0 Å². The van der Waals surface area contributed by atoms with E-state index in [9.17, 15) is 4.79 Å². The SMILES string of the molecule is CCn1c(C)ccc(C(C)C)c1=O. The van der Waals surface area contributed by atoms with Crippen molar-refractivity contribution < 1.29 is 0 Å². The molecule has 0 aromatic carbocycles. The highest BCUT2D eigenvalue weighted by molar-refractivity contribution is 5.18. The lowest BCUT2D eigenvalue weighted by Crippen LogP contribution is -2.25. The molecule has 0 saturated carbocycles. The number of pyridine rings is 1. The molecule has 72 valence electrons. The Morgan fingerprint density at radius 2 is 2.00 bits per heavy atom. The van der Waals surface area contributed by atoms with Gasteiger partial charge in [0.1, 0.15) is 0 Å². The molecule has 2 nitrogen and oxygen atoms in total. The molecule has 2 heteroatoms. The van der Waals surface area contributed by atoms with Crippen LogP contribution in [-0.2, 0) is 6.54 Å². The van der Waals surface area contributed by atoms with Crippen LogP contribution in [0.3, 0.4) is 0 Å². The van der Waals surface area contributed by atoms with Gasteiger partial charge in [-0.1, -0.05) is 19.9 Å². The smallest absolute Gasteiger partial charge is 0.254 e. The maximum atomic E-state index is 11.8. The largest absolute Gasteiger partial charge is 0.313 e. The van der Waals surface area contributed by atoms with Crippen molar-refractivity contribution in [2.24, 2.45) is 0 Å². The van der Waals surface area contributed by atoms with Crippen LogP contribution in [0, 0.1) is 6.92 Å². The maximum Gasteiger partial charge on any atom is 0.254 e. The van der Waals surface area contributed by atoms with E-state index in [-0.39, 0.29) is 5.56 Å². The van der Waals surface area contributed by atoms with Crippen molar-refractivity contribution in [1.82, 2.24) is 4.57 Å². The first-order valence-corrected chi connectivity index (χ1v) is 4.78. The fraction of sp³-hybridized carbons (Fsp3) is 0.545.